The van der Waals surface area contributed by atoms with Crippen LogP contribution < -0.4 is 10.6 Å². The Morgan fingerprint density at radius 1 is 1.09 bits per heavy atom. The van der Waals surface area contributed by atoms with Crippen molar-refractivity contribution >= 4 is 17.7 Å². The molecule has 2 aliphatic rings. The Balaban J connectivity index is 2.02. The van der Waals surface area contributed by atoms with Gasteiger partial charge >= 0.3 is 0 Å². The molecule has 7 nitrogen and oxygen atoms in total. The molecule has 0 unspecified atom stereocenters. The quantitative estimate of drug-likeness (QED) is 0.373. The van der Waals surface area contributed by atoms with Crippen molar-refractivity contribution in [2.24, 2.45) is 23.7 Å². The summed E-state index contributed by atoms with van der Waals surface area (Å²) < 4.78 is 0. The first-order chi connectivity index (χ1) is 16.0. The van der Waals surface area contributed by atoms with Crippen LogP contribution in [0.5, 0.6) is 0 Å². The van der Waals surface area contributed by atoms with E-state index in [-0.39, 0.29) is 30.2 Å². The van der Waals surface area contributed by atoms with Crippen molar-refractivity contribution in [1.29, 1.82) is 0 Å². The van der Waals surface area contributed by atoms with Crippen LogP contribution in [0.2, 0.25) is 0 Å². The molecule has 0 saturated carbocycles. The van der Waals surface area contributed by atoms with Crippen LogP contribution in [0.25, 0.3) is 0 Å². The number of carbonyl (C=O) groups excluding carboxylic acids is 3. The summed E-state index contributed by atoms with van der Waals surface area (Å²) in [6, 6.07) is 7.85. The Hall–Kier alpha value is -2.67. The normalized spacial score (nSPS) is 27.2. The second-order valence-electron chi connectivity index (χ2n) is 9.00. The summed E-state index contributed by atoms with van der Waals surface area (Å²) in [5, 5.41) is 16.1. The molecule has 6 atom stereocenters. The predicted molar refractivity (Wildman–Crippen MR) is 127 cm³/mol. The third kappa shape index (κ3) is 4.98. The molecule has 1 aromatic carbocycles. The van der Waals surface area contributed by atoms with Crippen molar-refractivity contribution in [1.82, 2.24) is 15.5 Å². The highest BCUT2D eigenvalue weighted by atomic mass is 16.3. The first-order valence-corrected chi connectivity index (χ1v) is 12.2. The Morgan fingerprint density at radius 3 is 2.42 bits per heavy atom. The summed E-state index contributed by atoms with van der Waals surface area (Å²) in [6.07, 6.45) is 7.59. The Bertz CT molecular complexity index is 856. The Morgan fingerprint density at radius 2 is 1.82 bits per heavy atom. The average Bonchev–Trinajstić information content (AvgIpc) is 3.14. The van der Waals surface area contributed by atoms with E-state index in [1.807, 2.05) is 49.4 Å². The summed E-state index contributed by atoms with van der Waals surface area (Å²) in [5.74, 6) is -2.33. The van der Waals surface area contributed by atoms with E-state index in [1.54, 1.807) is 7.05 Å². The van der Waals surface area contributed by atoms with Gasteiger partial charge in [0.15, 0.2) is 0 Å². The SMILES string of the molecule is CCCCCNC(=O)[C@@H]1[C@H]2C=C[C@@H](CC)[C@@H](C(=O)NC)[C@H]2C(=O)N1[C@H](CO)c1ccccc1. The van der Waals surface area contributed by atoms with E-state index in [9.17, 15) is 19.5 Å². The maximum Gasteiger partial charge on any atom is 0.243 e. The van der Waals surface area contributed by atoms with Gasteiger partial charge in [-0.2, -0.15) is 0 Å². The fourth-order valence-corrected chi connectivity index (χ4v) is 5.41. The lowest BCUT2D eigenvalue weighted by Crippen LogP contribution is -2.49. The molecule has 7 heteroatoms. The lowest BCUT2D eigenvalue weighted by Gasteiger charge is -2.34. The van der Waals surface area contributed by atoms with Crippen molar-refractivity contribution in [2.75, 3.05) is 20.2 Å². The topological polar surface area (TPSA) is 98.7 Å². The number of aliphatic hydroxyl groups is 1. The largest absolute Gasteiger partial charge is 0.394 e. The molecule has 3 amide bonds. The summed E-state index contributed by atoms with van der Waals surface area (Å²) in [5.41, 5.74) is 0.767. The van der Waals surface area contributed by atoms with Gasteiger partial charge in [-0.3, -0.25) is 14.4 Å². The van der Waals surface area contributed by atoms with Gasteiger partial charge in [-0.1, -0.05) is 69.2 Å². The number of carbonyl (C=O) groups is 3. The molecule has 0 radical (unpaired) electrons. The van der Waals surface area contributed by atoms with Crippen LogP contribution in [0.4, 0.5) is 0 Å². The zero-order valence-corrected chi connectivity index (χ0v) is 19.9. The number of allylic oxidation sites excluding steroid dienone is 1. The number of amides is 3. The third-order valence-corrected chi connectivity index (χ3v) is 7.11. The van der Waals surface area contributed by atoms with Gasteiger partial charge in [0.25, 0.3) is 0 Å². The molecule has 180 valence electrons. The second kappa shape index (κ2) is 11.5. The number of fused-ring (bicyclic) bond motifs is 1. The van der Waals surface area contributed by atoms with Crippen molar-refractivity contribution < 1.29 is 19.5 Å². The summed E-state index contributed by atoms with van der Waals surface area (Å²) in [6.45, 7) is 4.34. The summed E-state index contributed by atoms with van der Waals surface area (Å²) >= 11 is 0. The molecule has 0 spiro atoms. The Labute approximate surface area is 196 Å². The molecule has 1 aromatic rings. The van der Waals surface area contributed by atoms with Crippen LogP contribution in [-0.2, 0) is 14.4 Å². The molecule has 1 saturated heterocycles. The van der Waals surface area contributed by atoms with E-state index >= 15 is 0 Å². The highest BCUT2D eigenvalue weighted by Gasteiger charge is 2.58. The molecular weight excluding hydrogens is 418 g/mol. The van der Waals surface area contributed by atoms with Gasteiger partial charge in [0.1, 0.15) is 6.04 Å². The van der Waals surface area contributed by atoms with Crippen LogP contribution in [0, 0.1) is 23.7 Å². The number of benzene rings is 1. The zero-order valence-electron chi connectivity index (χ0n) is 19.9. The molecule has 1 heterocycles. The minimum Gasteiger partial charge on any atom is -0.394 e. The first kappa shape index (κ1) is 25.0. The van der Waals surface area contributed by atoms with Crippen molar-refractivity contribution in [3.8, 4) is 0 Å². The van der Waals surface area contributed by atoms with Gasteiger partial charge in [-0.05, 0) is 24.3 Å². The molecule has 1 fully saturated rings. The smallest absolute Gasteiger partial charge is 0.243 e. The number of nitrogens with zero attached hydrogens (tertiary/aromatic N) is 1. The standard InChI is InChI=1S/C26H37N3O4/c1-4-6-10-15-28-25(32)23-19-14-13-17(5-2)21(24(31)27-3)22(19)26(33)29(23)20(16-30)18-11-8-7-9-12-18/h7-9,11-14,17,19-23,30H,4-6,10,15-16H2,1-3H3,(H,27,31)(H,28,32)/t17-,19+,20-,21-,22+,23+/m1/s1. The van der Waals surface area contributed by atoms with Crippen LogP contribution >= 0.6 is 0 Å². The summed E-state index contributed by atoms with van der Waals surface area (Å²) in [7, 11) is 1.58. The number of aliphatic hydroxyl groups excluding tert-OH is 1. The van der Waals surface area contributed by atoms with Crippen LogP contribution in [-0.4, -0.2) is 54.0 Å². The van der Waals surface area contributed by atoms with Gasteiger partial charge in [-0.25, -0.2) is 0 Å². The van der Waals surface area contributed by atoms with Gasteiger partial charge in [-0.15, -0.1) is 0 Å². The van der Waals surface area contributed by atoms with Crippen molar-refractivity contribution in [3.05, 3.63) is 48.0 Å². The fourth-order valence-electron chi connectivity index (χ4n) is 5.41. The minimum absolute atomic E-state index is 0.0762. The lowest BCUT2D eigenvalue weighted by molar-refractivity contribution is -0.143. The number of unbranched alkanes of at least 4 members (excludes halogenated alkanes) is 2. The van der Waals surface area contributed by atoms with E-state index < -0.39 is 29.8 Å². The Kier molecular flexibility index (Phi) is 8.67. The summed E-state index contributed by atoms with van der Waals surface area (Å²) in [4.78, 5) is 41.8. The van der Waals surface area contributed by atoms with Gasteiger partial charge in [0, 0.05) is 19.5 Å². The van der Waals surface area contributed by atoms with Crippen LogP contribution in [0.3, 0.4) is 0 Å². The van der Waals surface area contributed by atoms with E-state index in [4.69, 9.17) is 0 Å². The zero-order chi connectivity index (χ0) is 24.0. The highest BCUT2D eigenvalue weighted by molar-refractivity contribution is 5.97. The number of likely N-dealkylation sites (tertiary alicyclic amines) is 1. The molecule has 0 aromatic heterocycles. The van der Waals surface area contributed by atoms with E-state index in [0.717, 1.165) is 31.2 Å². The van der Waals surface area contributed by atoms with E-state index in [0.29, 0.717) is 6.54 Å². The number of rotatable bonds is 10. The molecule has 3 N–H and O–H groups in total. The van der Waals surface area contributed by atoms with E-state index in [1.165, 1.54) is 4.90 Å². The maximum absolute atomic E-state index is 13.9. The number of nitrogens with one attached hydrogen (secondary N) is 2. The van der Waals surface area contributed by atoms with Crippen LogP contribution in [0.15, 0.2) is 42.5 Å². The number of hydrogen-bond acceptors (Lipinski definition) is 4. The monoisotopic (exact) mass is 455 g/mol. The average molecular weight is 456 g/mol. The van der Waals surface area contributed by atoms with Gasteiger partial charge in [0.2, 0.25) is 17.7 Å². The third-order valence-electron chi connectivity index (χ3n) is 7.11. The maximum atomic E-state index is 13.9. The molecule has 1 aliphatic heterocycles. The van der Waals surface area contributed by atoms with Crippen molar-refractivity contribution in [3.63, 3.8) is 0 Å². The highest BCUT2D eigenvalue weighted by Crippen LogP contribution is 2.47. The molecule has 1 aliphatic carbocycles. The van der Waals surface area contributed by atoms with Gasteiger partial charge < -0.3 is 20.6 Å². The lowest BCUT2D eigenvalue weighted by atomic mass is 9.69. The molecular formula is C26H37N3O4. The predicted octanol–water partition coefficient (Wildman–Crippen LogP) is 2.43. The number of hydrogen-bond donors (Lipinski definition) is 3. The fraction of sp³-hybridized carbons (Fsp3) is 0.577. The minimum atomic E-state index is -0.775. The second-order valence-corrected chi connectivity index (χ2v) is 9.00. The van der Waals surface area contributed by atoms with E-state index in [2.05, 4.69) is 17.6 Å². The van der Waals surface area contributed by atoms with Crippen molar-refractivity contribution in [2.45, 2.75) is 51.6 Å². The molecule has 33 heavy (non-hydrogen) atoms. The molecule has 0 bridgehead atoms. The molecule has 3 rings (SSSR count). The van der Waals surface area contributed by atoms with Gasteiger partial charge in [0.05, 0.1) is 24.5 Å². The first-order valence-electron chi connectivity index (χ1n) is 12.2. The van der Waals surface area contributed by atoms with Crippen LogP contribution in [0.1, 0.15) is 51.1 Å².